The number of hydrogen-bond acceptors (Lipinski definition) is 4. The maximum atomic E-state index is 12.3. The summed E-state index contributed by atoms with van der Waals surface area (Å²) in [6, 6.07) is 2.18. The average Bonchev–Trinajstić information content (AvgIpc) is 2.88. The smallest absolute Gasteiger partial charge is 0.244 e. The highest BCUT2D eigenvalue weighted by Gasteiger charge is 2.41. The predicted molar refractivity (Wildman–Crippen MR) is 75.9 cm³/mol. The van der Waals surface area contributed by atoms with Crippen molar-refractivity contribution in [1.82, 2.24) is 9.97 Å². The average molecular weight is 272 g/mol. The molecule has 2 rings (SSSR count). The molecule has 1 N–H and O–H groups in total. The van der Waals surface area contributed by atoms with Crippen LogP contribution in [-0.2, 0) is 10.2 Å². The lowest BCUT2D eigenvalue weighted by Gasteiger charge is -2.20. The van der Waals surface area contributed by atoms with Crippen molar-refractivity contribution < 1.29 is 4.79 Å². The predicted octanol–water partition coefficient (Wildman–Crippen LogP) is 2.80. The maximum absolute atomic E-state index is 12.3. The highest BCUT2D eigenvalue weighted by molar-refractivity contribution is 5.97. The Morgan fingerprint density at radius 1 is 1.30 bits per heavy atom. The molecule has 1 aliphatic carbocycles. The summed E-state index contributed by atoms with van der Waals surface area (Å²) in [5, 5.41) is 12.0. The zero-order chi connectivity index (χ0) is 14.8. The van der Waals surface area contributed by atoms with Crippen LogP contribution in [0.4, 0.5) is 5.69 Å². The van der Waals surface area contributed by atoms with Crippen LogP contribution >= 0.6 is 0 Å². The van der Waals surface area contributed by atoms with E-state index in [0.717, 1.165) is 18.7 Å². The van der Waals surface area contributed by atoms with E-state index in [4.69, 9.17) is 0 Å². The van der Waals surface area contributed by atoms with Crippen molar-refractivity contribution in [2.75, 3.05) is 5.32 Å². The van der Waals surface area contributed by atoms with Crippen molar-refractivity contribution in [1.29, 1.82) is 5.26 Å². The van der Waals surface area contributed by atoms with Gasteiger partial charge in [0, 0.05) is 5.41 Å². The van der Waals surface area contributed by atoms with E-state index in [1.54, 1.807) is 12.4 Å². The van der Waals surface area contributed by atoms with Gasteiger partial charge in [-0.2, -0.15) is 5.26 Å². The van der Waals surface area contributed by atoms with Crippen LogP contribution in [0.3, 0.4) is 0 Å². The molecule has 0 atom stereocenters. The van der Waals surface area contributed by atoms with Crippen LogP contribution in [0.25, 0.3) is 0 Å². The fourth-order valence-electron chi connectivity index (χ4n) is 2.40. The largest absolute Gasteiger partial charge is 0.322 e. The Labute approximate surface area is 119 Å². The summed E-state index contributed by atoms with van der Waals surface area (Å²) in [5.41, 5.74) is -0.450. The second kappa shape index (κ2) is 5.20. The molecule has 0 saturated heterocycles. The molecular formula is C15H20N4O. The molecule has 0 aliphatic heterocycles. The van der Waals surface area contributed by atoms with E-state index in [1.807, 2.05) is 20.8 Å². The second-order valence-corrected chi connectivity index (χ2v) is 6.40. The minimum Gasteiger partial charge on any atom is -0.322 e. The third kappa shape index (κ3) is 2.79. The van der Waals surface area contributed by atoms with Crippen molar-refractivity contribution in [2.45, 2.75) is 51.9 Å². The van der Waals surface area contributed by atoms with Crippen LogP contribution in [0.2, 0.25) is 0 Å². The molecule has 5 heteroatoms. The van der Waals surface area contributed by atoms with E-state index < -0.39 is 5.41 Å². The summed E-state index contributed by atoms with van der Waals surface area (Å²) in [5.74, 6) is 0.496. The van der Waals surface area contributed by atoms with Gasteiger partial charge in [-0.1, -0.05) is 33.6 Å². The lowest BCUT2D eigenvalue weighted by atomic mass is 9.87. The van der Waals surface area contributed by atoms with E-state index >= 15 is 0 Å². The van der Waals surface area contributed by atoms with Crippen molar-refractivity contribution in [3.8, 4) is 6.07 Å². The summed E-state index contributed by atoms with van der Waals surface area (Å²) < 4.78 is 0. The van der Waals surface area contributed by atoms with Gasteiger partial charge in [-0.3, -0.25) is 4.79 Å². The SMILES string of the molecule is CC(C)(C)c1ncc(NC(=O)C2(C#N)CCCC2)cn1. The number of nitrogens with one attached hydrogen (secondary N) is 1. The number of carbonyl (C=O) groups is 1. The van der Waals surface area contributed by atoms with Gasteiger partial charge in [0.1, 0.15) is 11.2 Å². The fourth-order valence-corrected chi connectivity index (χ4v) is 2.40. The van der Waals surface area contributed by atoms with Gasteiger partial charge in [0.15, 0.2) is 0 Å². The van der Waals surface area contributed by atoms with Gasteiger partial charge >= 0.3 is 0 Å². The van der Waals surface area contributed by atoms with Gasteiger partial charge < -0.3 is 5.32 Å². The Kier molecular flexibility index (Phi) is 3.76. The highest BCUT2D eigenvalue weighted by atomic mass is 16.2. The molecule has 0 bridgehead atoms. The minimum atomic E-state index is -0.872. The number of aromatic nitrogens is 2. The number of rotatable bonds is 2. The van der Waals surface area contributed by atoms with Crippen LogP contribution in [0.1, 0.15) is 52.3 Å². The third-order valence-corrected chi connectivity index (χ3v) is 3.69. The Bertz CT molecular complexity index is 530. The molecule has 0 spiro atoms. The van der Waals surface area contributed by atoms with Crippen LogP contribution in [0, 0.1) is 16.7 Å². The molecule has 106 valence electrons. The van der Waals surface area contributed by atoms with E-state index in [1.165, 1.54) is 0 Å². The van der Waals surface area contributed by atoms with Crippen LogP contribution in [-0.4, -0.2) is 15.9 Å². The first-order chi connectivity index (χ1) is 9.37. The van der Waals surface area contributed by atoms with Crippen molar-refractivity contribution in [3.05, 3.63) is 18.2 Å². The number of anilines is 1. The molecule has 20 heavy (non-hydrogen) atoms. The zero-order valence-corrected chi connectivity index (χ0v) is 12.2. The molecule has 5 nitrogen and oxygen atoms in total. The molecule has 1 saturated carbocycles. The van der Waals surface area contributed by atoms with Crippen molar-refractivity contribution in [2.24, 2.45) is 5.41 Å². The van der Waals surface area contributed by atoms with Gasteiger partial charge in [0.2, 0.25) is 5.91 Å². The van der Waals surface area contributed by atoms with Gasteiger partial charge in [-0.15, -0.1) is 0 Å². The van der Waals surface area contributed by atoms with Gasteiger partial charge in [-0.05, 0) is 12.8 Å². The third-order valence-electron chi connectivity index (χ3n) is 3.69. The first-order valence-corrected chi connectivity index (χ1v) is 6.93. The molecule has 0 unspecified atom stereocenters. The molecule has 0 aromatic carbocycles. The number of hydrogen-bond donors (Lipinski definition) is 1. The van der Waals surface area contributed by atoms with Crippen molar-refractivity contribution in [3.63, 3.8) is 0 Å². The van der Waals surface area contributed by atoms with Crippen LogP contribution in [0.5, 0.6) is 0 Å². The summed E-state index contributed by atoms with van der Waals surface area (Å²) in [6.45, 7) is 6.09. The monoisotopic (exact) mass is 272 g/mol. The number of carbonyl (C=O) groups excluding carboxylic acids is 1. The second-order valence-electron chi connectivity index (χ2n) is 6.40. The number of nitrogens with zero attached hydrogens (tertiary/aromatic N) is 3. The summed E-state index contributed by atoms with van der Waals surface area (Å²) in [6.07, 6.45) is 6.34. The minimum absolute atomic E-state index is 0.123. The topological polar surface area (TPSA) is 78.7 Å². The number of amides is 1. The summed E-state index contributed by atoms with van der Waals surface area (Å²) in [7, 11) is 0. The van der Waals surface area contributed by atoms with Gasteiger partial charge in [0.05, 0.1) is 24.2 Å². The van der Waals surface area contributed by atoms with Gasteiger partial charge in [0.25, 0.3) is 0 Å². The molecule has 1 aliphatic rings. The van der Waals surface area contributed by atoms with E-state index in [9.17, 15) is 10.1 Å². The Balaban J connectivity index is 2.11. The summed E-state index contributed by atoms with van der Waals surface area (Å²) in [4.78, 5) is 20.8. The Morgan fingerprint density at radius 3 is 2.30 bits per heavy atom. The molecule has 1 aromatic rings. The summed E-state index contributed by atoms with van der Waals surface area (Å²) >= 11 is 0. The molecular weight excluding hydrogens is 252 g/mol. The maximum Gasteiger partial charge on any atom is 0.244 e. The lowest BCUT2D eigenvalue weighted by Crippen LogP contribution is -2.32. The molecule has 1 heterocycles. The number of nitriles is 1. The van der Waals surface area contributed by atoms with Gasteiger partial charge in [-0.25, -0.2) is 9.97 Å². The highest BCUT2D eigenvalue weighted by Crippen LogP contribution is 2.38. The van der Waals surface area contributed by atoms with Crippen molar-refractivity contribution >= 4 is 11.6 Å². The fraction of sp³-hybridized carbons (Fsp3) is 0.600. The first-order valence-electron chi connectivity index (χ1n) is 6.93. The molecule has 1 aromatic heterocycles. The molecule has 0 radical (unpaired) electrons. The van der Waals surface area contributed by atoms with Crippen LogP contribution in [0.15, 0.2) is 12.4 Å². The first kappa shape index (κ1) is 14.4. The standard InChI is InChI=1S/C15H20N4O/c1-14(2,3)12-17-8-11(9-18-12)19-13(20)15(10-16)6-4-5-7-15/h8-9H,4-7H2,1-3H3,(H,19,20). The van der Waals surface area contributed by atoms with E-state index in [-0.39, 0.29) is 11.3 Å². The van der Waals surface area contributed by atoms with E-state index in [0.29, 0.717) is 18.5 Å². The Morgan fingerprint density at radius 2 is 1.85 bits per heavy atom. The van der Waals surface area contributed by atoms with Crippen LogP contribution < -0.4 is 5.32 Å². The molecule has 1 amide bonds. The van der Waals surface area contributed by atoms with E-state index in [2.05, 4.69) is 21.4 Å². The molecule has 1 fully saturated rings. The normalized spacial score (nSPS) is 17.5. The lowest BCUT2D eigenvalue weighted by molar-refractivity contribution is -0.122. The quantitative estimate of drug-likeness (QED) is 0.897. The Hall–Kier alpha value is -1.96. The zero-order valence-electron chi connectivity index (χ0n) is 12.2.